The Labute approximate surface area is 104 Å². The first-order valence-electron chi connectivity index (χ1n) is 6.63. The maximum atomic E-state index is 4.37. The Hall–Kier alpha value is -1.38. The van der Waals surface area contributed by atoms with E-state index >= 15 is 0 Å². The molecule has 2 heterocycles. The molecule has 0 radical (unpaired) electrons. The van der Waals surface area contributed by atoms with E-state index in [4.69, 9.17) is 0 Å². The van der Waals surface area contributed by atoms with Gasteiger partial charge in [-0.3, -0.25) is 0 Å². The van der Waals surface area contributed by atoms with Crippen LogP contribution < -0.4 is 4.90 Å². The van der Waals surface area contributed by atoms with Crippen molar-refractivity contribution in [2.75, 3.05) is 18.0 Å². The van der Waals surface area contributed by atoms with Gasteiger partial charge in [0.25, 0.3) is 0 Å². The van der Waals surface area contributed by atoms with Crippen LogP contribution in [-0.4, -0.2) is 23.1 Å². The van der Waals surface area contributed by atoms with E-state index in [2.05, 4.69) is 40.0 Å². The molecule has 1 aliphatic heterocycles. The fourth-order valence-corrected chi connectivity index (χ4v) is 2.12. The number of rotatable bonds is 4. The summed E-state index contributed by atoms with van der Waals surface area (Å²) in [4.78, 5) is 11.0. The van der Waals surface area contributed by atoms with Gasteiger partial charge in [0, 0.05) is 19.2 Å². The van der Waals surface area contributed by atoms with Crippen molar-refractivity contribution < 1.29 is 0 Å². The van der Waals surface area contributed by atoms with Gasteiger partial charge in [-0.2, -0.15) is 0 Å². The molecule has 0 saturated carbocycles. The molecule has 0 amide bonds. The standard InChI is InChI=1S/C14H21N3/c1-2-3-5-8-13-11-14(16-12-15-13)17-9-6-4-7-10-17/h5,8,11-12H,2-4,6-7,9-10H2,1H3. The van der Waals surface area contributed by atoms with Crippen LogP contribution in [0.15, 0.2) is 18.5 Å². The van der Waals surface area contributed by atoms with Crippen molar-refractivity contribution in [1.29, 1.82) is 0 Å². The molecule has 0 atom stereocenters. The van der Waals surface area contributed by atoms with Gasteiger partial charge in [-0.25, -0.2) is 9.97 Å². The van der Waals surface area contributed by atoms with Gasteiger partial charge in [0.05, 0.1) is 5.69 Å². The van der Waals surface area contributed by atoms with Gasteiger partial charge in [-0.1, -0.05) is 19.4 Å². The third kappa shape index (κ3) is 3.55. The Morgan fingerprint density at radius 3 is 2.82 bits per heavy atom. The Balaban J connectivity index is 2.05. The minimum atomic E-state index is 1.02. The molecule has 3 heteroatoms. The highest BCUT2D eigenvalue weighted by atomic mass is 15.2. The van der Waals surface area contributed by atoms with Crippen molar-refractivity contribution in [2.24, 2.45) is 0 Å². The molecule has 1 aromatic heterocycles. The van der Waals surface area contributed by atoms with Gasteiger partial charge in [0.2, 0.25) is 0 Å². The molecule has 0 bridgehead atoms. The lowest BCUT2D eigenvalue weighted by atomic mass is 10.1. The largest absolute Gasteiger partial charge is 0.357 e. The Kier molecular flexibility index (Phi) is 4.54. The molecule has 0 N–H and O–H groups in total. The molecule has 1 aromatic rings. The number of anilines is 1. The minimum Gasteiger partial charge on any atom is -0.357 e. The van der Waals surface area contributed by atoms with Gasteiger partial charge in [0.1, 0.15) is 12.1 Å². The second-order valence-electron chi connectivity index (χ2n) is 4.54. The van der Waals surface area contributed by atoms with Crippen molar-refractivity contribution in [3.05, 3.63) is 24.2 Å². The minimum absolute atomic E-state index is 1.02. The highest BCUT2D eigenvalue weighted by molar-refractivity contribution is 5.51. The molecule has 92 valence electrons. The molecule has 1 fully saturated rings. The molecule has 0 spiro atoms. The van der Waals surface area contributed by atoms with Crippen molar-refractivity contribution in [3.8, 4) is 0 Å². The monoisotopic (exact) mass is 231 g/mol. The lowest BCUT2D eigenvalue weighted by molar-refractivity contribution is 0.573. The number of hydrogen-bond donors (Lipinski definition) is 0. The number of allylic oxidation sites excluding steroid dienone is 1. The zero-order valence-electron chi connectivity index (χ0n) is 10.6. The zero-order chi connectivity index (χ0) is 11.9. The fraction of sp³-hybridized carbons (Fsp3) is 0.571. The second-order valence-corrected chi connectivity index (χ2v) is 4.54. The topological polar surface area (TPSA) is 29.0 Å². The molecule has 17 heavy (non-hydrogen) atoms. The number of aromatic nitrogens is 2. The van der Waals surface area contributed by atoms with E-state index in [0.717, 1.165) is 31.0 Å². The second kappa shape index (κ2) is 6.38. The first-order valence-corrected chi connectivity index (χ1v) is 6.63. The van der Waals surface area contributed by atoms with Crippen LogP contribution in [0.3, 0.4) is 0 Å². The fourth-order valence-electron chi connectivity index (χ4n) is 2.12. The number of piperidine rings is 1. The summed E-state index contributed by atoms with van der Waals surface area (Å²) in [6, 6.07) is 2.09. The van der Waals surface area contributed by atoms with Crippen molar-refractivity contribution >= 4 is 11.9 Å². The van der Waals surface area contributed by atoms with Crippen molar-refractivity contribution in [1.82, 2.24) is 9.97 Å². The van der Waals surface area contributed by atoms with Crippen LogP contribution in [0.25, 0.3) is 6.08 Å². The normalized spacial score (nSPS) is 16.6. The smallest absolute Gasteiger partial charge is 0.132 e. The first kappa shape index (κ1) is 12.1. The van der Waals surface area contributed by atoms with Gasteiger partial charge in [0.15, 0.2) is 0 Å². The van der Waals surface area contributed by atoms with E-state index in [1.165, 1.54) is 25.7 Å². The number of nitrogens with zero attached hydrogens (tertiary/aromatic N) is 3. The maximum Gasteiger partial charge on any atom is 0.132 e. The molecule has 0 unspecified atom stereocenters. The van der Waals surface area contributed by atoms with Crippen LogP contribution in [-0.2, 0) is 0 Å². The summed E-state index contributed by atoms with van der Waals surface area (Å²) in [6.07, 6.45) is 12.2. The van der Waals surface area contributed by atoms with Crippen LogP contribution in [0.4, 0.5) is 5.82 Å². The van der Waals surface area contributed by atoms with E-state index in [9.17, 15) is 0 Å². The third-order valence-electron chi connectivity index (χ3n) is 3.10. The summed E-state index contributed by atoms with van der Waals surface area (Å²) in [5.41, 5.74) is 1.02. The molecular formula is C14H21N3. The molecule has 1 aliphatic rings. The number of unbranched alkanes of at least 4 members (excludes halogenated alkanes) is 1. The lowest BCUT2D eigenvalue weighted by Crippen LogP contribution is -2.30. The van der Waals surface area contributed by atoms with E-state index in [-0.39, 0.29) is 0 Å². The van der Waals surface area contributed by atoms with Gasteiger partial charge >= 0.3 is 0 Å². The Morgan fingerprint density at radius 2 is 2.06 bits per heavy atom. The van der Waals surface area contributed by atoms with E-state index in [1.807, 2.05) is 0 Å². The summed E-state index contributed by atoms with van der Waals surface area (Å²) in [5, 5.41) is 0. The quantitative estimate of drug-likeness (QED) is 0.796. The molecule has 2 rings (SSSR count). The maximum absolute atomic E-state index is 4.37. The zero-order valence-corrected chi connectivity index (χ0v) is 10.6. The average molecular weight is 231 g/mol. The summed E-state index contributed by atoms with van der Waals surface area (Å²) in [6.45, 7) is 4.45. The van der Waals surface area contributed by atoms with Crippen molar-refractivity contribution in [3.63, 3.8) is 0 Å². The predicted molar refractivity (Wildman–Crippen MR) is 72.0 cm³/mol. The third-order valence-corrected chi connectivity index (χ3v) is 3.10. The average Bonchev–Trinajstić information content (AvgIpc) is 2.41. The molecule has 0 aliphatic carbocycles. The number of hydrogen-bond acceptors (Lipinski definition) is 3. The van der Waals surface area contributed by atoms with E-state index < -0.39 is 0 Å². The van der Waals surface area contributed by atoms with Gasteiger partial charge in [-0.15, -0.1) is 0 Å². The highest BCUT2D eigenvalue weighted by Gasteiger charge is 2.11. The summed E-state index contributed by atoms with van der Waals surface area (Å²) >= 11 is 0. The molecule has 3 nitrogen and oxygen atoms in total. The highest BCUT2D eigenvalue weighted by Crippen LogP contribution is 2.17. The van der Waals surface area contributed by atoms with Crippen LogP contribution in [0.1, 0.15) is 44.7 Å². The molecule has 0 aromatic carbocycles. The van der Waals surface area contributed by atoms with Gasteiger partial charge < -0.3 is 4.90 Å². The SMILES string of the molecule is CCCC=Cc1cc(N2CCCCC2)ncn1. The Bertz CT molecular complexity index is 367. The van der Waals surface area contributed by atoms with Crippen LogP contribution in [0.2, 0.25) is 0 Å². The van der Waals surface area contributed by atoms with Crippen LogP contribution in [0.5, 0.6) is 0 Å². The summed E-state index contributed by atoms with van der Waals surface area (Å²) in [5.74, 6) is 1.08. The van der Waals surface area contributed by atoms with Crippen LogP contribution >= 0.6 is 0 Å². The van der Waals surface area contributed by atoms with Crippen molar-refractivity contribution in [2.45, 2.75) is 39.0 Å². The summed E-state index contributed by atoms with van der Waals surface area (Å²) < 4.78 is 0. The first-order chi connectivity index (χ1) is 8.40. The Morgan fingerprint density at radius 1 is 1.24 bits per heavy atom. The van der Waals surface area contributed by atoms with E-state index in [0.29, 0.717) is 0 Å². The summed E-state index contributed by atoms with van der Waals surface area (Å²) in [7, 11) is 0. The van der Waals surface area contributed by atoms with E-state index in [1.54, 1.807) is 6.33 Å². The van der Waals surface area contributed by atoms with Crippen LogP contribution in [0, 0.1) is 0 Å². The molecular weight excluding hydrogens is 210 g/mol. The van der Waals surface area contributed by atoms with Gasteiger partial charge in [-0.05, 0) is 31.8 Å². The molecule has 1 saturated heterocycles. The lowest BCUT2D eigenvalue weighted by Gasteiger charge is -2.27. The predicted octanol–water partition coefficient (Wildman–Crippen LogP) is 3.28.